The number of aromatic hydroxyl groups is 3. The molecule has 19 atom stereocenters. The number of carbonyl (C=O) groups is 8. The number of carbonyl (C=O) groups excluding carboxylic acids is 7. The van der Waals surface area contributed by atoms with Crippen molar-refractivity contribution in [2.75, 3.05) is 20.2 Å². The highest BCUT2D eigenvalue weighted by atomic mass is 35.5. The molecular formula is C80H83Cl2N9O26S. The number of hydrogen-bond acceptors (Lipinski definition) is 28. The number of likely N-dealkylation sites (N-methyl/N-ethyl adjacent to an activating group) is 1. The molecule has 118 heavy (non-hydrogen) atoms. The first-order chi connectivity index (χ1) is 56.2. The predicted molar refractivity (Wildman–Crippen MR) is 417 cm³/mol. The summed E-state index contributed by atoms with van der Waals surface area (Å²) in [6.07, 6.45) is -24.7. The van der Waals surface area contributed by atoms with Crippen LogP contribution in [0.15, 0.2) is 133 Å². The maximum absolute atomic E-state index is 16.1. The third kappa shape index (κ3) is 18.1. The minimum absolute atomic E-state index is 0.116. The number of phenolic OH excluding ortho intramolecular Hbond substituents is 3. The fraction of sp³-hybridized carbons (Fsp3) is 0.350. The maximum Gasteiger partial charge on any atom is 0.330 e. The van der Waals surface area contributed by atoms with Gasteiger partial charge in [0.15, 0.2) is 23.8 Å². The van der Waals surface area contributed by atoms with Crippen molar-refractivity contribution in [2.45, 2.75) is 149 Å². The highest BCUT2D eigenvalue weighted by Crippen LogP contribution is 2.50. The maximum atomic E-state index is 16.1. The van der Waals surface area contributed by atoms with Gasteiger partial charge in [0.2, 0.25) is 53.4 Å². The summed E-state index contributed by atoms with van der Waals surface area (Å²) in [4.78, 5) is 119. The van der Waals surface area contributed by atoms with Crippen LogP contribution in [0.3, 0.4) is 0 Å². The molecule has 7 aliphatic rings. The number of phenols is 3. The first kappa shape index (κ1) is 85.0. The zero-order chi connectivity index (χ0) is 84.6. The van der Waals surface area contributed by atoms with Crippen LogP contribution in [0.5, 0.6) is 46.0 Å². The zero-order valence-corrected chi connectivity index (χ0v) is 64.9. The van der Waals surface area contributed by atoms with Crippen LogP contribution in [-0.4, -0.2) is 214 Å². The molecule has 15 rings (SSSR count). The van der Waals surface area contributed by atoms with E-state index in [4.69, 9.17) is 57.4 Å². The van der Waals surface area contributed by atoms with Crippen LogP contribution in [0.4, 0.5) is 0 Å². The van der Waals surface area contributed by atoms with Gasteiger partial charge >= 0.3 is 5.97 Å². The van der Waals surface area contributed by atoms with Crippen molar-refractivity contribution in [1.29, 1.82) is 0 Å². The van der Waals surface area contributed by atoms with Gasteiger partial charge in [0.25, 0.3) is 0 Å². The molecule has 2 saturated heterocycles. The number of carboxylic acids is 1. The Morgan fingerprint density at radius 2 is 1.25 bits per heavy atom. The van der Waals surface area contributed by atoms with Crippen LogP contribution in [0, 0.1) is 5.92 Å². The number of fused-ring (bicyclic) bond motifs is 16. The van der Waals surface area contributed by atoms with Crippen molar-refractivity contribution in [2.24, 2.45) is 11.7 Å². The Morgan fingerprint density at radius 3 is 1.90 bits per heavy atom. The number of amides is 7. The lowest BCUT2D eigenvalue weighted by molar-refractivity contribution is -0.350. The molecule has 11 bridgehead atoms. The van der Waals surface area contributed by atoms with Gasteiger partial charge in [-0.3, -0.25) is 33.6 Å². The van der Waals surface area contributed by atoms with Crippen molar-refractivity contribution in [3.05, 3.63) is 176 Å². The molecule has 0 spiro atoms. The van der Waals surface area contributed by atoms with Gasteiger partial charge in [0.05, 0.1) is 29.1 Å². The summed E-state index contributed by atoms with van der Waals surface area (Å²) in [5.41, 5.74) is 3.74. The summed E-state index contributed by atoms with van der Waals surface area (Å²) in [5.74, 6) is -16.5. The molecule has 38 heteroatoms. The molecule has 0 aliphatic carbocycles. The van der Waals surface area contributed by atoms with Crippen molar-refractivity contribution in [3.63, 3.8) is 0 Å². The van der Waals surface area contributed by atoms with Crippen LogP contribution < -0.4 is 62.5 Å². The minimum atomic E-state index is -2.39. The van der Waals surface area contributed by atoms with Gasteiger partial charge in [-0.2, -0.15) is 0 Å². The molecule has 35 nitrogen and oxygen atoms in total. The number of ether oxygens (including phenoxy) is 6. The highest BCUT2D eigenvalue weighted by molar-refractivity contribution is 7.15. The van der Waals surface area contributed by atoms with Gasteiger partial charge in [0.1, 0.15) is 120 Å². The third-order valence-electron chi connectivity index (χ3n) is 20.7. The van der Waals surface area contributed by atoms with Crippen LogP contribution >= 0.6 is 34.5 Å². The predicted octanol–water partition coefficient (Wildman–Crippen LogP) is 2.37. The van der Waals surface area contributed by atoms with Crippen molar-refractivity contribution in [3.8, 4) is 67.6 Å². The fourth-order valence-electron chi connectivity index (χ4n) is 14.5. The van der Waals surface area contributed by atoms with E-state index in [1.54, 1.807) is 0 Å². The van der Waals surface area contributed by atoms with E-state index in [-0.39, 0.29) is 47.9 Å². The van der Waals surface area contributed by atoms with Gasteiger partial charge in [-0.15, -0.1) is 11.3 Å². The molecule has 624 valence electrons. The number of rotatable bonds is 18. The molecule has 7 aromatic carbocycles. The summed E-state index contributed by atoms with van der Waals surface area (Å²) < 4.78 is 38.0. The number of hydrogen-bond donors (Lipinski definition) is 21. The number of halogens is 2. The molecule has 7 aliphatic heterocycles. The molecule has 1 unspecified atom stereocenters. The van der Waals surface area contributed by atoms with E-state index in [1.165, 1.54) is 24.5 Å². The largest absolute Gasteiger partial charge is 0.508 e. The second-order valence-electron chi connectivity index (χ2n) is 29.3. The molecular weight excluding hydrogens is 1610 g/mol. The Bertz CT molecular complexity index is 5200. The number of aliphatic hydroxyl groups is 8. The molecule has 0 radical (unpaired) electrons. The number of aliphatic carboxylic acids is 1. The number of carboxylic acid groups (broad SMARTS) is 1. The summed E-state index contributed by atoms with van der Waals surface area (Å²) in [7, 11) is 1.46. The third-order valence-corrected chi connectivity index (χ3v) is 22.4. The number of benzene rings is 7. The lowest BCUT2D eigenvalue weighted by Crippen LogP contribution is -2.65. The van der Waals surface area contributed by atoms with E-state index in [2.05, 4.69) is 48.6 Å². The first-order valence-electron chi connectivity index (χ1n) is 37.1. The molecule has 1 aromatic heterocycles. The Hall–Kier alpha value is -10.9. The average Bonchev–Trinajstić information content (AvgIpc) is 1.78. The normalized spacial score (nSPS) is 26.9. The second-order valence-corrected chi connectivity index (χ2v) is 31.2. The van der Waals surface area contributed by atoms with Crippen molar-refractivity contribution >= 4 is 92.6 Å². The second kappa shape index (κ2) is 35.7. The van der Waals surface area contributed by atoms with E-state index < -0.39 is 249 Å². The topological polar surface area (TPSA) is 557 Å². The summed E-state index contributed by atoms with van der Waals surface area (Å²) in [6, 6.07) is 16.7. The van der Waals surface area contributed by atoms with Crippen LogP contribution in [0.2, 0.25) is 10.0 Å². The smallest absolute Gasteiger partial charge is 0.330 e. The number of thiophene rings is 1. The van der Waals surface area contributed by atoms with Gasteiger partial charge in [-0.1, -0.05) is 91.6 Å². The Labute approximate surface area is 684 Å². The van der Waals surface area contributed by atoms with Gasteiger partial charge in [0, 0.05) is 45.6 Å². The van der Waals surface area contributed by atoms with Crippen LogP contribution in [-0.2, 0) is 59.1 Å². The molecule has 8 aromatic rings. The minimum Gasteiger partial charge on any atom is -0.508 e. The first-order valence-corrected chi connectivity index (χ1v) is 38.6. The Morgan fingerprint density at radius 1 is 0.610 bits per heavy atom. The van der Waals surface area contributed by atoms with E-state index >= 15 is 14.4 Å². The van der Waals surface area contributed by atoms with Gasteiger partial charge in [-0.05, 0) is 131 Å². The summed E-state index contributed by atoms with van der Waals surface area (Å²) >= 11 is 15.7. The number of nitrogens with two attached hydrogens (primary N) is 1. The van der Waals surface area contributed by atoms with Gasteiger partial charge in [-0.25, -0.2) is 4.79 Å². The standard InChI is InChI=1S/C80H83Cl2N9O26S/c1-31(2)18-45(84-3)72(104)90-61-63(97)36-11-15-49(43(81)21-36)112-51-23-38-24-52(70(51)116-80-69(103)67(101)71(54(30-92)115-80)117-79-68(102)66(100)65(99)53(114-79)29-85-28-40-13-17-55(118-40)34-9-8-32-6-4-5-7-33(32)19-34)113-50-16-12-37(22-44(50)82)64(98)62-77(109)89-60(78(110)111)42-25-39(93)26-48(95)57(42)41-20-35(10-14-47(41)94)58(74(106)91-62)88-75(107)59(38)87-73(105)46(27-56(83)96)86-76(61)108/h4-17,19-26,31,45-46,53-54,58-69,71,79-80,84-85,92-95,97-103H,18,27-30H2,1-3H3,(H2,83,96)(H,86,108)(H,87,105)(H,88,107)(H,89,109)(H,90,104)(H,91,106)(H,110,111)/t45-,46+,53-,54-,58-,59-,60-,61?,62+,63-,64-,65+,66+,67-,68-,69-,71-,79+,80+/m1/s1. The Balaban J connectivity index is 0.914. The Kier molecular flexibility index (Phi) is 25.8. The molecule has 7 amide bonds. The van der Waals surface area contributed by atoms with E-state index in [1.807, 2.05) is 62.4 Å². The van der Waals surface area contributed by atoms with E-state index in [9.17, 15) is 85.3 Å². The number of primary amides is 1. The number of nitrogens with one attached hydrogen (secondary N) is 8. The van der Waals surface area contributed by atoms with Crippen LogP contribution in [0.25, 0.3) is 32.3 Å². The number of aliphatic hydroxyl groups excluding tert-OH is 8. The van der Waals surface area contributed by atoms with Crippen LogP contribution in [0.1, 0.15) is 89.7 Å². The lowest BCUT2D eigenvalue weighted by Gasteiger charge is -2.46. The molecule has 2 fully saturated rings. The monoisotopic (exact) mass is 1690 g/mol. The quantitative estimate of drug-likeness (QED) is 0.0586. The van der Waals surface area contributed by atoms with Gasteiger partial charge < -0.3 is 138 Å². The highest BCUT2D eigenvalue weighted by Gasteiger charge is 2.52. The van der Waals surface area contributed by atoms with Crippen molar-refractivity contribution < 1.29 is 128 Å². The van der Waals surface area contributed by atoms with E-state index in [0.717, 1.165) is 98.9 Å². The molecule has 0 saturated carbocycles. The lowest BCUT2D eigenvalue weighted by atomic mass is 9.89. The summed E-state index contributed by atoms with van der Waals surface area (Å²) in [5, 5.41) is 161. The average molecular weight is 1690 g/mol. The fourth-order valence-corrected chi connectivity index (χ4v) is 16.0. The zero-order valence-electron chi connectivity index (χ0n) is 62.6. The molecule has 22 N–H and O–H groups in total. The SMILES string of the molecule is CN[C@H](CC(C)C)C(=O)NC1C(=O)N[C@@H](CC(N)=O)C(=O)N[C@H]2C(=O)N[C@H]3C(=O)N[C@H](C(=O)N[C@@H](C(=O)O)c4cc(O)cc(O)c4-c4cc3ccc4O)[C@H](O)c3ccc(c(Cl)c3)Oc3cc2cc(c3O[C@@H]2O[C@H](CO)[C@@H](O[C@@H]3O[C@H](CNCc4ccc(-c5ccc6ccccc6c5)s4)[C@H](O)[C@H](O)[C@H]3O)[C@H](O)[C@H]2O)Oc2ccc(cc2Cl)[C@H]1O. The molecule has 8 heterocycles. The van der Waals surface area contributed by atoms with Crippen molar-refractivity contribution in [1.82, 2.24) is 42.5 Å². The van der Waals surface area contributed by atoms with E-state index in [0.29, 0.717) is 0 Å². The summed E-state index contributed by atoms with van der Waals surface area (Å²) in [6.45, 7) is 2.65.